The third kappa shape index (κ3) is 5.93. The van der Waals surface area contributed by atoms with Gasteiger partial charge in [0.2, 0.25) is 0 Å². The average Bonchev–Trinajstić information content (AvgIpc) is 2.61. The Hall–Kier alpha value is -2.86. The highest BCUT2D eigenvalue weighted by Crippen LogP contribution is 2.15. The Bertz CT molecular complexity index is 727. The molecule has 0 aliphatic carbocycles. The highest BCUT2D eigenvalue weighted by Gasteiger charge is 2.14. The standard InChI is InChI=1S/C19H21NO5/c1-13(25-12-15-4-3-5-17(10-15)24-2)19(23)20-16-8-6-14(7-9-16)11-18(21)22/h3-10,13H,11-12H2,1-2H3,(H,20,23)(H,21,22). The first-order valence-electron chi connectivity index (χ1n) is 7.84. The molecule has 2 rings (SSSR count). The van der Waals surface area contributed by atoms with Crippen molar-refractivity contribution in [2.45, 2.75) is 26.1 Å². The van der Waals surface area contributed by atoms with Crippen molar-refractivity contribution in [2.24, 2.45) is 0 Å². The summed E-state index contributed by atoms with van der Waals surface area (Å²) in [6, 6.07) is 14.1. The number of carbonyl (C=O) groups excluding carboxylic acids is 1. The van der Waals surface area contributed by atoms with Crippen molar-refractivity contribution in [3.63, 3.8) is 0 Å². The molecule has 0 saturated heterocycles. The quantitative estimate of drug-likeness (QED) is 0.770. The van der Waals surface area contributed by atoms with Crippen LogP contribution in [0.3, 0.4) is 0 Å². The maximum atomic E-state index is 12.2. The number of hydrogen-bond donors (Lipinski definition) is 2. The molecule has 0 saturated carbocycles. The first-order valence-corrected chi connectivity index (χ1v) is 7.84. The van der Waals surface area contributed by atoms with Crippen molar-refractivity contribution in [1.82, 2.24) is 0 Å². The van der Waals surface area contributed by atoms with Gasteiger partial charge in [-0.3, -0.25) is 9.59 Å². The molecule has 1 atom stereocenters. The summed E-state index contributed by atoms with van der Waals surface area (Å²) in [5, 5.41) is 11.5. The van der Waals surface area contributed by atoms with Crippen molar-refractivity contribution in [1.29, 1.82) is 0 Å². The van der Waals surface area contributed by atoms with Crippen LogP contribution >= 0.6 is 0 Å². The second kappa shape index (κ2) is 8.84. The number of nitrogens with one attached hydrogen (secondary N) is 1. The number of aliphatic carboxylic acids is 1. The lowest BCUT2D eigenvalue weighted by atomic mass is 10.1. The fraction of sp³-hybridized carbons (Fsp3) is 0.263. The van der Waals surface area contributed by atoms with Crippen LogP contribution in [0, 0.1) is 0 Å². The summed E-state index contributed by atoms with van der Waals surface area (Å²) in [6.07, 6.45) is -0.682. The number of hydrogen-bond acceptors (Lipinski definition) is 4. The van der Waals surface area contributed by atoms with E-state index in [1.165, 1.54) is 0 Å². The highest BCUT2D eigenvalue weighted by atomic mass is 16.5. The molecule has 0 spiro atoms. The van der Waals surface area contributed by atoms with Gasteiger partial charge in [-0.25, -0.2) is 0 Å². The van der Waals surface area contributed by atoms with Gasteiger partial charge >= 0.3 is 5.97 Å². The molecule has 1 unspecified atom stereocenters. The summed E-state index contributed by atoms with van der Waals surface area (Å²) in [5.74, 6) is -0.426. The first kappa shape index (κ1) is 18.5. The van der Waals surface area contributed by atoms with Crippen LogP contribution in [0.4, 0.5) is 5.69 Å². The van der Waals surface area contributed by atoms with Crippen molar-refractivity contribution in [3.8, 4) is 5.75 Å². The number of anilines is 1. The van der Waals surface area contributed by atoms with Crippen LogP contribution in [0.15, 0.2) is 48.5 Å². The minimum Gasteiger partial charge on any atom is -0.497 e. The van der Waals surface area contributed by atoms with Gasteiger partial charge in [-0.05, 0) is 42.3 Å². The van der Waals surface area contributed by atoms with Crippen LogP contribution in [0.5, 0.6) is 5.75 Å². The highest BCUT2D eigenvalue weighted by molar-refractivity contribution is 5.93. The van der Waals surface area contributed by atoms with Gasteiger partial charge in [-0.1, -0.05) is 24.3 Å². The summed E-state index contributed by atoms with van der Waals surface area (Å²) in [4.78, 5) is 22.8. The van der Waals surface area contributed by atoms with Crippen LogP contribution < -0.4 is 10.1 Å². The molecule has 25 heavy (non-hydrogen) atoms. The molecule has 0 heterocycles. The van der Waals surface area contributed by atoms with Gasteiger partial charge in [-0.15, -0.1) is 0 Å². The molecule has 1 amide bonds. The zero-order chi connectivity index (χ0) is 18.2. The fourth-order valence-corrected chi connectivity index (χ4v) is 2.18. The lowest BCUT2D eigenvalue weighted by Crippen LogP contribution is -2.27. The number of benzene rings is 2. The van der Waals surface area contributed by atoms with Gasteiger partial charge in [0.1, 0.15) is 11.9 Å². The number of methoxy groups -OCH3 is 1. The topological polar surface area (TPSA) is 84.9 Å². The Morgan fingerprint density at radius 1 is 1.12 bits per heavy atom. The number of carboxylic acids is 1. The zero-order valence-electron chi connectivity index (χ0n) is 14.2. The van der Waals surface area contributed by atoms with E-state index >= 15 is 0 Å². The van der Waals surface area contributed by atoms with Crippen molar-refractivity contribution < 1.29 is 24.2 Å². The smallest absolute Gasteiger partial charge is 0.307 e. The Morgan fingerprint density at radius 2 is 1.84 bits per heavy atom. The minimum atomic E-state index is -0.892. The molecule has 6 heteroatoms. The molecule has 0 radical (unpaired) electrons. The van der Waals surface area contributed by atoms with Crippen LogP contribution in [-0.2, 0) is 27.4 Å². The van der Waals surface area contributed by atoms with E-state index in [0.29, 0.717) is 17.9 Å². The van der Waals surface area contributed by atoms with Crippen LogP contribution in [-0.4, -0.2) is 30.2 Å². The number of carbonyl (C=O) groups is 2. The molecule has 0 fully saturated rings. The summed E-state index contributed by atoms with van der Waals surface area (Å²) < 4.78 is 10.7. The summed E-state index contributed by atoms with van der Waals surface area (Å²) in [7, 11) is 1.60. The van der Waals surface area contributed by atoms with Crippen molar-refractivity contribution in [3.05, 3.63) is 59.7 Å². The number of amides is 1. The van der Waals surface area contributed by atoms with E-state index in [9.17, 15) is 9.59 Å². The predicted octanol–water partition coefficient (Wildman–Crippen LogP) is 2.87. The Morgan fingerprint density at radius 3 is 2.48 bits per heavy atom. The van der Waals surface area contributed by atoms with E-state index in [0.717, 1.165) is 11.3 Å². The normalized spacial score (nSPS) is 11.6. The zero-order valence-corrected chi connectivity index (χ0v) is 14.2. The molecular weight excluding hydrogens is 322 g/mol. The monoisotopic (exact) mass is 343 g/mol. The van der Waals surface area contributed by atoms with Crippen LogP contribution in [0.25, 0.3) is 0 Å². The van der Waals surface area contributed by atoms with E-state index in [-0.39, 0.29) is 12.3 Å². The van der Waals surface area contributed by atoms with Gasteiger partial charge in [0.05, 0.1) is 20.1 Å². The molecule has 2 aromatic rings. The molecule has 0 aromatic heterocycles. The Balaban J connectivity index is 1.86. The van der Waals surface area contributed by atoms with Crippen LogP contribution in [0.1, 0.15) is 18.1 Å². The maximum Gasteiger partial charge on any atom is 0.307 e. The largest absolute Gasteiger partial charge is 0.497 e. The Labute approximate surface area is 146 Å². The van der Waals surface area contributed by atoms with Gasteiger partial charge in [0.25, 0.3) is 5.91 Å². The summed E-state index contributed by atoms with van der Waals surface area (Å²) in [6.45, 7) is 1.97. The van der Waals surface area contributed by atoms with Gasteiger partial charge in [0, 0.05) is 5.69 Å². The van der Waals surface area contributed by atoms with E-state index in [1.54, 1.807) is 38.3 Å². The third-order valence-electron chi connectivity index (χ3n) is 3.58. The molecule has 0 bridgehead atoms. The lowest BCUT2D eigenvalue weighted by Gasteiger charge is -2.14. The molecule has 132 valence electrons. The number of rotatable bonds is 8. The van der Waals surface area contributed by atoms with Gasteiger partial charge < -0.3 is 19.9 Å². The molecular formula is C19H21NO5. The number of carboxylic acid groups (broad SMARTS) is 1. The van der Waals surface area contributed by atoms with Crippen molar-refractivity contribution >= 4 is 17.6 Å². The maximum absolute atomic E-state index is 12.2. The predicted molar refractivity (Wildman–Crippen MR) is 93.7 cm³/mol. The summed E-state index contributed by atoms with van der Waals surface area (Å²) >= 11 is 0. The van der Waals surface area contributed by atoms with E-state index in [1.807, 2.05) is 24.3 Å². The lowest BCUT2D eigenvalue weighted by molar-refractivity contribution is -0.136. The molecule has 2 N–H and O–H groups in total. The second-order valence-electron chi connectivity index (χ2n) is 5.56. The van der Waals surface area contributed by atoms with E-state index in [2.05, 4.69) is 5.32 Å². The van der Waals surface area contributed by atoms with Crippen molar-refractivity contribution in [2.75, 3.05) is 12.4 Å². The number of ether oxygens (including phenoxy) is 2. The van der Waals surface area contributed by atoms with E-state index < -0.39 is 12.1 Å². The van der Waals surface area contributed by atoms with Gasteiger partial charge in [-0.2, -0.15) is 0 Å². The minimum absolute atomic E-state index is 0.0473. The first-order chi connectivity index (χ1) is 12.0. The third-order valence-corrected chi connectivity index (χ3v) is 3.58. The molecule has 0 aliphatic rings. The average molecular weight is 343 g/mol. The Kier molecular flexibility index (Phi) is 6.54. The summed E-state index contributed by atoms with van der Waals surface area (Å²) in [5.41, 5.74) is 2.18. The van der Waals surface area contributed by atoms with Gasteiger partial charge in [0.15, 0.2) is 0 Å². The SMILES string of the molecule is COc1cccc(COC(C)C(=O)Nc2ccc(CC(=O)O)cc2)c1. The molecule has 2 aromatic carbocycles. The second-order valence-corrected chi connectivity index (χ2v) is 5.56. The molecule has 0 aliphatic heterocycles. The fourth-order valence-electron chi connectivity index (χ4n) is 2.18. The molecule has 6 nitrogen and oxygen atoms in total. The van der Waals surface area contributed by atoms with Crippen LogP contribution in [0.2, 0.25) is 0 Å². The van der Waals surface area contributed by atoms with E-state index in [4.69, 9.17) is 14.6 Å².